The first-order valence-electron chi connectivity index (χ1n) is 15.1. The largest absolute Gasteiger partial charge is 0.375 e. The van der Waals surface area contributed by atoms with Gasteiger partial charge in [0, 0.05) is 60.9 Å². The van der Waals surface area contributed by atoms with Crippen LogP contribution in [0.5, 0.6) is 0 Å². The van der Waals surface area contributed by atoms with Crippen molar-refractivity contribution >= 4 is 43.9 Å². The van der Waals surface area contributed by atoms with Gasteiger partial charge in [0.1, 0.15) is 27.6 Å². The van der Waals surface area contributed by atoms with Gasteiger partial charge in [-0.3, -0.25) is 0 Å². The second-order valence-electron chi connectivity index (χ2n) is 11.8. The number of piperidine rings is 1. The molecule has 0 aliphatic carbocycles. The molecule has 1 aromatic carbocycles. The molecule has 0 amide bonds. The average Bonchev–Trinajstić information content (AvgIpc) is 2.98. The third kappa shape index (κ3) is 6.46. The molecule has 11 heteroatoms. The first-order chi connectivity index (χ1) is 20.1. The van der Waals surface area contributed by atoms with Crippen LogP contribution in [0.1, 0.15) is 58.9 Å². The number of alkyl halides is 1. The normalized spacial score (nSPS) is 22.9. The Morgan fingerprint density at radius 2 is 1.93 bits per heavy atom. The molecule has 4 atom stereocenters. The van der Waals surface area contributed by atoms with Crippen molar-refractivity contribution in [2.75, 3.05) is 52.9 Å². The van der Waals surface area contributed by atoms with Crippen LogP contribution in [0.25, 0.3) is 10.8 Å². The molecule has 2 aliphatic rings. The summed E-state index contributed by atoms with van der Waals surface area (Å²) in [6.45, 7) is 12.3. The summed E-state index contributed by atoms with van der Waals surface area (Å²) in [7, 11) is -3.02. The number of anilines is 4. The number of benzene rings is 1. The maximum Gasteiger partial charge on any atom is 0.227 e. The molecule has 2 aromatic heterocycles. The molecule has 2 fully saturated rings. The highest BCUT2D eigenvalue weighted by Gasteiger charge is 2.39. The molecular formula is C31H43FN6O3S. The second-order valence-corrected chi connectivity index (χ2v) is 14.2. The van der Waals surface area contributed by atoms with Crippen LogP contribution in [0.15, 0.2) is 36.7 Å². The Morgan fingerprint density at radius 1 is 1.12 bits per heavy atom. The highest BCUT2D eigenvalue weighted by Crippen LogP contribution is 2.39. The smallest absolute Gasteiger partial charge is 0.227 e. The fraction of sp³-hybridized carbons (Fsp3) is 0.581. The summed E-state index contributed by atoms with van der Waals surface area (Å²) in [5.74, 6) is 2.56. The summed E-state index contributed by atoms with van der Waals surface area (Å²) in [5.41, 5.74) is 2.28. The second kappa shape index (κ2) is 12.7. The lowest BCUT2D eigenvalue weighted by molar-refractivity contribution is -0.0126. The Kier molecular flexibility index (Phi) is 9.17. The van der Waals surface area contributed by atoms with Crippen LogP contribution >= 0.6 is 0 Å². The number of aromatic nitrogens is 3. The lowest BCUT2D eigenvalue weighted by Crippen LogP contribution is -2.57. The van der Waals surface area contributed by atoms with Gasteiger partial charge in [0.2, 0.25) is 5.95 Å². The van der Waals surface area contributed by atoms with E-state index in [0.717, 1.165) is 22.9 Å². The van der Waals surface area contributed by atoms with Gasteiger partial charge in [-0.1, -0.05) is 33.8 Å². The van der Waals surface area contributed by atoms with Crippen LogP contribution in [-0.2, 0) is 14.6 Å². The molecule has 4 heterocycles. The molecule has 3 aromatic rings. The number of nitrogens with one attached hydrogen (secondary N) is 1. The van der Waals surface area contributed by atoms with Crippen molar-refractivity contribution in [1.82, 2.24) is 15.0 Å². The molecule has 42 heavy (non-hydrogen) atoms. The van der Waals surface area contributed by atoms with Gasteiger partial charge in [-0.05, 0) is 54.8 Å². The minimum atomic E-state index is -3.02. The Balaban J connectivity index is 1.35. The van der Waals surface area contributed by atoms with Crippen molar-refractivity contribution in [3.63, 3.8) is 0 Å². The number of halogens is 1. The van der Waals surface area contributed by atoms with Crippen LogP contribution in [0.2, 0.25) is 0 Å². The lowest BCUT2D eigenvalue weighted by atomic mass is 9.88. The zero-order valence-electron chi connectivity index (χ0n) is 25.3. The summed E-state index contributed by atoms with van der Waals surface area (Å²) in [4.78, 5) is 18.0. The molecular weight excluding hydrogens is 555 g/mol. The number of nitrogens with zero attached hydrogens (tertiary/aromatic N) is 5. The fourth-order valence-corrected chi connectivity index (χ4v) is 7.21. The zero-order valence-corrected chi connectivity index (χ0v) is 26.1. The molecule has 228 valence electrons. The zero-order chi connectivity index (χ0) is 30.0. The van der Waals surface area contributed by atoms with Gasteiger partial charge in [-0.25, -0.2) is 22.8 Å². The Hall–Kier alpha value is -3.05. The number of hydrogen-bond acceptors (Lipinski definition) is 9. The van der Waals surface area contributed by atoms with E-state index in [-0.39, 0.29) is 36.1 Å². The molecule has 5 rings (SSSR count). The van der Waals surface area contributed by atoms with Crippen LogP contribution in [0.4, 0.5) is 27.7 Å². The van der Waals surface area contributed by atoms with E-state index in [1.54, 1.807) is 19.2 Å². The van der Waals surface area contributed by atoms with Gasteiger partial charge >= 0.3 is 0 Å². The number of ether oxygens (including phenoxy) is 1. The average molecular weight is 599 g/mol. The van der Waals surface area contributed by atoms with Crippen molar-refractivity contribution in [3.05, 3.63) is 42.2 Å². The Bertz CT molecular complexity index is 1500. The van der Waals surface area contributed by atoms with Gasteiger partial charge in [0.25, 0.3) is 0 Å². The topological polar surface area (TPSA) is 101 Å². The van der Waals surface area contributed by atoms with E-state index in [4.69, 9.17) is 9.72 Å². The highest BCUT2D eigenvalue weighted by atomic mass is 32.2. The van der Waals surface area contributed by atoms with Gasteiger partial charge in [0.05, 0.1) is 18.4 Å². The van der Waals surface area contributed by atoms with E-state index >= 15 is 0 Å². The van der Waals surface area contributed by atoms with Gasteiger partial charge < -0.3 is 19.9 Å². The number of sulfone groups is 1. The summed E-state index contributed by atoms with van der Waals surface area (Å²) < 4.78 is 44.9. The first-order valence-corrected chi connectivity index (χ1v) is 16.9. The lowest BCUT2D eigenvalue weighted by Gasteiger charge is -2.48. The summed E-state index contributed by atoms with van der Waals surface area (Å²) in [6.07, 6.45) is 3.57. The number of fused-ring (bicyclic) bond motifs is 1. The van der Waals surface area contributed by atoms with Crippen molar-refractivity contribution in [2.45, 2.75) is 71.7 Å². The molecule has 0 radical (unpaired) electrons. The Morgan fingerprint density at radius 3 is 2.62 bits per heavy atom. The molecule has 0 unspecified atom stereocenters. The third-order valence-electron chi connectivity index (χ3n) is 8.56. The summed E-state index contributed by atoms with van der Waals surface area (Å²) >= 11 is 0. The first kappa shape index (κ1) is 30.4. The molecule has 0 spiro atoms. The highest BCUT2D eigenvalue weighted by molar-refractivity contribution is 7.91. The summed E-state index contributed by atoms with van der Waals surface area (Å²) in [5, 5.41) is 5.47. The van der Waals surface area contributed by atoms with Gasteiger partial charge in [-0.15, -0.1) is 0 Å². The molecule has 0 bridgehead atoms. The van der Waals surface area contributed by atoms with E-state index < -0.39 is 16.0 Å². The molecule has 2 saturated heterocycles. The maximum atomic E-state index is 14.8. The van der Waals surface area contributed by atoms with E-state index in [2.05, 4.69) is 53.1 Å². The standard InChI is InChI=1S/C31H43FN6O3S/c1-6-14-41-28-11-13-37(18-26(28)32)31-33-12-10-29(36-31)35-30-15-24-23(20(3)4)8-9-27(25(24)16-34-30)38-17-22(21(38)5)19-42(39,40)7-2/h8-10,12,15-16,20-22,26,28H,6-7,11,13-14,17-19H2,1-5H3,(H,33,34,35,36)/t21-,22-,26+,28-/m1/s1. The van der Waals surface area contributed by atoms with E-state index in [1.807, 2.05) is 24.1 Å². The van der Waals surface area contributed by atoms with Gasteiger partial charge in [-0.2, -0.15) is 4.98 Å². The van der Waals surface area contributed by atoms with Crippen molar-refractivity contribution < 1.29 is 17.5 Å². The molecule has 1 N–H and O–H groups in total. The number of hydrogen-bond donors (Lipinski definition) is 1. The summed E-state index contributed by atoms with van der Waals surface area (Å²) in [6, 6.07) is 8.26. The van der Waals surface area contributed by atoms with E-state index in [1.165, 1.54) is 5.56 Å². The van der Waals surface area contributed by atoms with E-state index in [0.29, 0.717) is 49.6 Å². The molecule has 0 saturated carbocycles. The quantitative estimate of drug-likeness (QED) is 0.307. The van der Waals surface area contributed by atoms with Crippen LogP contribution in [-0.4, -0.2) is 79.4 Å². The van der Waals surface area contributed by atoms with Crippen molar-refractivity contribution in [3.8, 4) is 0 Å². The minimum absolute atomic E-state index is 0.123. The van der Waals surface area contributed by atoms with E-state index in [9.17, 15) is 12.8 Å². The van der Waals surface area contributed by atoms with Crippen LogP contribution in [0.3, 0.4) is 0 Å². The van der Waals surface area contributed by atoms with Crippen molar-refractivity contribution in [1.29, 1.82) is 0 Å². The maximum absolute atomic E-state index is 14.8. The molecule has 2 aliphatic heterocycles. The monoisotopic (exact) mass is 598 g/mol. The third-order valence-corrected chi connectivity index (χ3v) is 10.4. The predicted molar refractivity (Wildman–Crippen MR) is 168 cm³/mol. The number of rotatable bonds is 11. The van der Waals surface area contributed by atoms with Crippen LogP contribution < -0.4 is 15.1 Å². The molecule has 9 nitrogen and oxygen atoms in total. The fourth-order valence-electron chi connectivity index (χ4n) is 5.93. The SMILES string of the molecule is CCCO[C@@H]1CCN(c2nccc(Nc3cc4c(C(C)C)ccc(N5C[C@H](CS(=O)(=O)CC)[C@H]5C)c4cn3)n2)C[C@@H]1F. The minimum Gasteiger partial charge on any atom is -0.375 e. The predicted octanol–water partition coefficient (Wildman–Crippen LogP) is 5.49. The van der Waals surface area contributed by atoms with Gasteiger partial charge in [0.15, 0.2) is 0 Å². The van der Waals surface area contributed by atoms with Crippen LogP contribution in [0, 0.1) is 5.92 Å². The van der Waals surface area contributed by atoms with Crippen molar-refractivity contribution in [2.24, 2.45) is 5.92 Å². The number of pyridine rings is 1. The Labute approximate surface area is 248 Å².